The molecule has 1 N–H and O–H groups in total. The van der Waals surface area contributed by atoms with E-state index in [1.54, 1.807) is 0 Å². The topological polar surface area (TPSA) is 21.3 Å². The summed E-state index contributed by atoms with van der Waals surface area (Å²) >= 11 is 0. The van der Waals surface area contributed by atoms with E-state index in [2.05, 4.69) is 12.2 Å². The lowest BCUT2D eigenvalue weighted by molar-refractivity contribution is 0.0777. The quantitative estimate of drug-likeness (QED) is 0.793. The Kier molecular flexibility index (Phi) is 5.30. The van der Waals surface area contributed by atoms with Gasteiger partial charge in [0.1, 0.15) is 0 Å². The molecule has 0 spiro atoms. The Bertz CT molecular complexity index is 211. The Morgan fingerprint density at radius 2 is 1.82 bits per heavy atom. The van der Waals surface area contributed by atoms with Gasteiger partial charge in [-0.3, -0.25) is 0 Å². The highest BCUT2D eigenvalue weighted by Gasteiger charge is 2.30. The Labute approximate surface area is 107 Å². The molecule has 0 aromatic rings. The molecule has 2 saturated carbocycles. The van der Waals surface area contributed by atoms with Crippen LogP contribution in [0.1, 0.15) is 64.7 Å². The van der Waals surface area contributed by atoms with Gasteiger partial charge in [-0.2, -0.15) is 0 Å². The second-order valence-corrected chi connectivity index (χ2v) is 5.98. The largest absolute Gasteiger partial charge is 0.380 e. The number of ether oxygens (including phenoxy) is 1. The molecule has 2 nitrogen and oxygen atoms in total. The van der Waals surface area contributed by atoms with Gasteiger partial charge >= 0.3 is 0 Å². The van der Waals surface area contributed by atoms with Crippen LogP contribution in [0, 0.1) is 5.92 Å². The highest BCUT2D eigenvalue weighted by Crippen LogP contribution is 2.29. The molecule has 0 heterocycles. The Balaban J connectivity index is 1.70. The molecule has 2 atom stereocenters. The van der Waals surface area contributed by atoms with Crippen LogP contribution in [0.3, 0.4) is 0 Å². The highest BCUT2D eigenvalue weighted by molar-refractivity contribution is 4.88. The molecule has 17 heavy (non-hydrogen) atoms. The Morgan fingerprint density at radius 3 is 2.47 bits per heavy atom. The van der Waals surface area contributed by atoms with Crippen LogP contribution in [0.15, 0.2) is 0 Å². The van der Waals surface area contributed by atoms with E-state index >= 15 is 0 Å². The lowest BCUT2D eigenvalue weighted by Crippen LogP contribution is -2.44. The zero-order valence-corrected chi connectivity index (χ0v) is 11.6. The van der Waals surface area contributed by atoms with Crippen molar-refractivity contribution in [3.05, 3.63) is 0 Å². The smallest absolute Gasteiger partial charge is 0.0724 e. The molecule has 0 aromatic carbocycles. The molecule has 100 valence electrons. The van der Waals surface area contributed by atoms with Crippen LogP contribution in [0.25, 0.3) is 0 Å². The molecule has 0 aromatic heterocycles. The molecular formula is C15H29NO. The lowest BCUT2D eigenvalue weighted by atomic mass is 9.83. The van der Waals surface area contributed by atoms with Crippen molar-refractivity contribution in [1.29, 1.82) is 0 Å². The molecule has 0 aliphatic heterocycles. The molecule has 2 unspecified atom stereocenters. The number of hydrogen-bond donors (Lipinski definition) is 1. The number of hydrogen-bond acceptors (Lipinski definition) is 2. The Hall–Kier alpha value is -0.0800. The maximum absolute atomic E-state index is 5.56. The third kappa shape index (κ3) is 3.69. The number of nitrogens with one attached hydrogen (secondary N) is 1. The fourth-order valence-electron chi connectivity index (χ4n) is 3.73. The van der Waals surface area contributed by atoms with E-state index in [1.165, 1.54) is 57.8 Å². The summed E-state index contributed by atoms with van der Waals surface area (Å²) in [6.07, 6.45) is 12.8. The highest BCUT2D eigenvalue weighted by atomic mass is 16.5. The van der Waals surface area contributed by atoms with Gasteiger partial charge in [-0.1, -0.05) is 19.8 Å². The van der Waals surface area contributed by atoms with Gasteiger partial charge in [0.2, 0.25) is 0 Å². The lowest BCUT2D eigenvalue weighted by Gasteiger charge is -2.32. The molecular weight excluding hydrogens is 210 g/mol. The Morgan fingerprint density at radius 1 is 1.06 bits per heavy atom. The minimum Gasteiger partial charge on any atom is -0.380 e. The van der Waals surface area contributed by atoms with Gasteiger partial charge in [-0.05, 0) is 50.9 Å². The van der Waals surface area contributed by atoms with E-state index in [4.69, 9.17) is 4.74 Å². The zero-order chi connectivity index (χ0) is 12.1. The third-order valence-electron chi connectivity index (χ3n) is 4.75. The van der Waals surface area contributed by atoms with E-state index < -0.39 is 0 Å². The van der Waals surface area contributed by atoms with Crippen LogP contribution < -0.4 is 5.32 Å². The van der Waals surface area contributed by atoms with Crippen LogP contribution >= 0.6 is 0 Å². The van der Waals surface area contributed by atoms with E-state index in [0.29, 0.717) is 12.1 Å². The van der Waals surface area contributed by atoms with Crippen molar-refractivity contribution < 1.29 is 4.74 Å². The summed E-state index contributed by atoms with van der Waals surface area (Å²) in [7, 11) is 1.86. The SMILES string of the molecule is CCCC1CCC(NC2CCCC2OC)CC1. The van der Waals surface area contributed by atoms with E-state index in [-0.39, 0.29) is 0 Å². The molecule has 2 fully saturated rings. The molecule has 0 amide bonds. The fourth-order valence-corrected chi connectivity index (χ4v) is 3.73. The molecule has 0 saturated heterocycles. The van der Waals surface area contributed by atoms with Crippen molar-refractivity contribution >= 4 is 0 Å². The van der Waals surface area contributed by atoms with Crippen molar-refractivity contribution in [3.8, 4) is 0 Å². The average molecular weight is 239 g/mol. The van der Waals surface area contributed by atoms with Gasteiger partial charge in [-0.25, -0.2) is 0 Å². The van der Waals surface area contributed by atoms with E-state index in [1.807, 2.05) is 7.11 Å². The third-order valence-corrected chi connectivity index (χ3v) is 4.75. The summed E-state index contributed by atoms with van der Waals surface area (Å²) < 4.78 is 5.56. The first-order valence-electron chi connectivity index (χ1n) is 7.62. The summed E-state index contributed by atoms with van der Waals surface area (Å²) in [5.41, 5.74) is 0. The number of rotatable bonds is 5. The monoisotopic (exact) mass is 239 g/mol. The second kappa shape index (κ2) is 6.75. The van der Waals surface area contributed by atoms with Crippen molar-refractivity contribution in [3.63, 3.8) is 0 Å². The fraction of sp³-hybridized carbons (Fsp3) is 1.00. The predicted octanol–water partition coefficient (Wildman–Crippen LogP) is 3.50. The molecule has 2 aliphatic rings. The van der Waals surface area contributed by atoms with Crippen LogP contribution in [-0.4, -0.2) is 25.3 Å². The maximum Gasteiger partial charge on any atom is 0.0724 e. The van der Waals surface area contributed by atoms with Gasteiger partial charge in [0.25, 0.3) is 0 Å². The van der Waals surface area contributed by atoms with Crippen LogP contribution in [-0.2, 0) is 4.74 Å². The van der Waals surface area contributed by atoms with Crippen LogP contribution in [0.5, 0.6) is 0 Å². The number of methoxy groups -OCH3 is 1. The first kappa shape index (κ1) is 13.4. The summed E-state index contributed by atoms with van der Waals surface area (Å²) in [6.45, 7) is 2.31. The standard InChI is InChI=1S/C15H29NO/c1-3-5-12-8-10-13(11-9-12)16-14-6-4-7-15(14)17-2/h12-16H,3-11H2,1-2H3. The predicted molar refractivity (Wildman–Crippen MR) is 72.2 cm³/mol. The molecule has 0 bridgehead atoms. The van der Waals surface area contributed by atoms with Crippen molar-refractivity contribution in [1.82, 2.24) is 5.32 Å². The second-order valence-electron chi connectivity index (χ2n) is 5.98. The zero-order valence-electron chi connectivity index (χ0n) is 11.6. The van der Waals surface area contributed by atoms with Gasteiger partial charge in [0.15, 0.2) is 0 Å². The van der Waals surface area contributed by atoms with Crippen molar-refractivity contribution in [2.75, 3.05) is 7.11 Å². The summed E-state index contributed by atoms with van der Waals surface area (Å²) in [5.74, 6) is 1.01. The van der Waals surface area contributed by atoms with Gasteiger partial charge in [-0.15, -0.1) is 0 Å². The summed E-state index contributed by atoms with van der Waals surface area (Å²) in [5, 5.41) is 3.86. The molecule has 2 aliphatic carbocycles. The van der Waals surface area contributed by atoms with Crippen molar-refractivity contribution in [2.45, 2.75) is 82.9 Å². The van der Waals surface area contributed by atoms with E-state index in [9.17, 15) is 0 Å². The van der Waals surface area contributed by atoms with Gasteiger partial charge in [0.05, 0.1) is 6.10 Å². The van der Waals surface area contributed by atoms with Crippen molar-refractivity contribution in [2.24, 2.45) is 5.92 Å². The molecule has 0 radical (unpaired) electrons. The van der Waals surface area contributed by atoms with E-state index in [0.717, 1.165) is 12.0 Å². The van der Waals surface area contributed by atoms with Gasteiger partial charge < -0.3 is 10.1 Å². The van der Waals surface area contributed by atoms with Crippen LogP contribution in [0.2, 0.25) is 0 Å². The van der Waals surface area contributed by atoms with Crippen LogP contribution in [0.4, 0.5) is 0 Å². The molecule has 2 rings (SSSR count). The normalized spacial score (nSPS) is 38.5. The molecule has 2 heteroatoms. The summed E-state index contributed by atoms with van der Waals surface area (Å²) in [6, 6.07) is 1.40. The summed E-state index contributed by atoms with van der Waals surface area (Å²) in [4.78, 5) is 0. The minimum absolute atomic E-state index is 0.475. The van der Waals surface area contributed by atoms with Gasteiger partial charge in [0, 0.05) is 19.2 Å². The first-order valence-corrected chi connectivity index (χ1v) is 7.62. The maximum atomic E-state index is 5.56. The minimum atomic E-state index is 0.475. The average Bonchev–Trinajstić information content (AvgIpc) is 2.79. The first-order chi connectivity index (χ1) is 8.33.